The predicted octanol–water partition coefficient (Wildman–Crippen LogP) is 3.44. The molecule has 0 spiro atoms. The average molecular weight is 328 g/mol. The summed E-state index contributed by atoms with van der Waals surface area (Å²) in [6, 6.07) is 7.14. The minimum atomic E-state index is -0.271. The Morgan fingerprint density at radius 3 is 2.58 bits per heavy atom. The number of aryl methyl sites for hydroxylation is 2. The van der Waals surface area contributed by atoms with E-state index in [0.29, 0.717) is 19.4 Å². The van der Waals surface area contributed by atoms with E-state index in [0.717, 1.165) is 17.1 Å². The molecular weight excluding hydrogens is 304 g/mol. The number of imidazole rings is 1. The van der Waals surface area contributed by atoms with Crippen molar-refractivity contribution in [3.63, 3.8) is 0 Å². The maximum Gasteiger partial charge on any atom is 0.319 e. The SMILES string of the molecule is CCC(NC(=O)Nc1ccc(C)cc1)c1nccn1CCC(C)=O. The molecule has 0 aliphatic rings. The van der Waals surface area contributed by atoms with Gasteiger partial charge in [0.2, 0.25) is 0 Å². The highest BCUT2D eigenvalue weighted by molar-refractivity contribution is 5.89. The van der Waals surface area contributed by atoms with E-state index in [4.69, 9.17) is 0 Å². The molecule has 0 bridgehead atoms. The Labute approximate surface area is 142 Å². The number of aromatic nitrogens is 2. The lowest BCUT2D eigenvalue weighted by atomic mass is 10.2. The fourth-order valence-corrected chi connectivity index (χ4v) is 2.41. The number of benzene rings is 1. The van der Waals surface area contributed by atoms with Gasteiger partial charge in [-0.2, -0.15) is 0 Å². The van der Waals surface area contributed by atoms with Crippen molar-refractivity contribution in [3.8, 4) is 0 Å². The van der Waals surface area contributed by atoms with Crippen LogP contribution in [0.2, 0.25) is 0 Å². The minimum absolute atomic E-state index is 0.132. The molecule has 1 atom stereocenters. The summed E-state index contributed by atoms with van der Waals surface area (Å²) in [4.78, 5) is 27.8. The van der Waals surface area contributed by atoms with Gasteiger partial charge in [0.05, 0.1) is 6.04 Å². The van der Waals surface area contributed by atoms with Crippen LogP contribution in [0.25, 0.3) is 0 Å². The first-order valence-electron chi connectivity index (χ1n) is 8.14. The molecule has 2 amide bonds. The molecule has 1 unspecified atom stereocenters. The van der Waals surface area contributed by atoms with Crippen molar-refractivity contribution in [2.45, 2.75) is 46.2 Å². The van der Waals surface area contributed by atoms with Crippen molar-refractivity contribution in [1.29, 1.82) is 0 Å². The van der Waals surface area contributed by atoms with Crippen molar-refractivity contribution in [1.82, 2.24) is 14.9 Å². The van der Waals surface area contributed by atoms with Gasteiger partial charge in [0.25, 0.3) is 0 Å². The lowest BCUT2D eigenvalue weighted by molar-refractivity contribution is -0.117. The molecule has 6 nitrogen and oxygen atoms in total. The summed E-state index contributed by atoms with van der Waals surface area (Å²) in [7, 11) is 0. The van der Waals surface area contributed by atoms with Gasteiger partial charge in [-0.15, -0.1) is 0 Å². The van der Waals surface area contributed by atoms with Crippen molar-refractivity contribution < 1.29 is 9.59 Å². The zero-order chi connectivity index (χ0) is 17.5. The van der Waals surface area contributed by atoms with Crippen LogP contribution in [0.4, 0.5) is 10.5 Å². The van der Waals surface area contributed by atoms with E-state index in [9.17, 15) is 9.59 Å². The second-order valence-electron chi connectivity index (χ2n) is 5.86. The topological polar surface area (TPSA) is 76.0 Å². The molecule has 128 valence electrons. The summed E-state index contributed by atoms with van der Waals surface area (Å²) in [5.74, 6) is 0.894. The van der Waals surface area contributed by atoms with Crippen molar-refractivity contribution in [2.75, 3.05) is 5.32 Å². The maximum atomic E-state index is 12.2. The number of nitrogens with zero attached hydrogens (tertiary/aromatic N) is 2. The van der Waals surface area contributed by atoms with Crippen LogP contribution >= 0.6 is 0 Å². The summed E-state index contributed by atoms with van der Waals surface area (Å²) in [5.41, 5.74) is 1.88. The van der Waals surface area contributed by atoms with Gasteiger partial charge in [-0.25, -0.2) is 9.78 Å². The van der Waals surface area contributed by atoms with Crippen LogP contribution in [-0.4, -0.2) is 21.4 Å². The van der Waals surface area contributed by atoms with E-state index in [2.05, 4.69) is 15.6 Å². The number of rotatable bonds is 7. The number of carbonyl (C=O) groups is 2. The molecule has 0 radical (unpaired) electrons. The smallest absolute Gasteiger partial charge is 0.319 e. The Bertz CT molecular complexity index is 691. The highest BCUT2D eigenvalue weighted by atomic mass is 16.2. The average Bonchev–Trinajstić information content (AvgIpc) is 3.01. The fraction of sp³-hybridized carbons (Fsp3) is 0.389. The normalized spacial score (nSPS) is 11.8. The van der Waals surface area contributed by atoms with Crippen LogP contribution in [0, 0.1) is 6.92 Å². The van der Waals surface area contributed by atoms with Crippen LogP contribution in [0.3, 0.4) is 0 Å². The molecule has 0 aliphatic heterocycles. The monoisotopic (exact) mass is 328 g/mol. The van der Waals surface area contributed by atoms with Gasteiger partial charge < -0.3 is 15.2 Å². The molecule has 6 heteroatoms. The highest BCUT2D eigenvalue weighted by Crippen LogP contribution is 2.16. The first-order valence-corrected chi connectivity index (χ1v) is 8.14. The number of ketones is 1. The number of anilines is 1. The van der Waals surface area contributed by atoms with E-state index in [1.165, 1.54) is 0 Å². The lowest BCUT2D eigenvalue weighted by Crippen LogP contribution is -2.33. The second kappa shape index (κ2) is 8.29. The number of hydrogen-bond donors (Lipinski definition) is 2. The number of urea groups is 1. The zero-order valence-electron chi connectivity index (χ0n) is 14.4. The minimum Gasteiger partial charge on any atom is -0.333 e. The van der Waals surface area contributed by atoms with E-state index >= 15 is 0 Å². The van der Waals surface area contributed by atoms with Gasteiger partial charge in [-0.1, -0.05) is 24.6 Å². The number of Topliss-reactive ketones (excluding diaryl/α,β-unsaturated/α-hetero) is 1. The largest absolute Gasteiger partial charge is 0.333 e. The van der Waals surface area contributed by atoms with Gasteiger partial charge in [0.1, 0.15) is 11.6 Å². The molecule has 2 rings (SSSR count). The summed E-state index contributed by atoms with van der Waals surface area (Å²) < 4.78 is 1.92. The Kier molecular flexibility index (Phi) is 6.12. The lowest BCUT2D eigenvalue weighted by Gasteiger charge is -2.18. The predicted molar refractivity (Wildman–Crippen MR) is 93.9 cm³/mol. The van der Waals surface area contributed by atoms with E-state index in [-0.39, 0.29) is 17.9 Å². The molecule has 1 aromatic heterocycles. The molecule has 1 aromatic carbocycles. The molecular formula is C18H24N4O2. The van der Waals surface area contributed by atoms with Gasteiger partial charge in [0, 0.05) is 31.0 Å². The van der Waals surface area contributed by atoms with Crippen LogP contribution in [-0.2, 0) is 11.3 Å². The number of hydrogen-bond acceptors (Lipinski definition) is 3. The third kappa shape index (κ3) is 4.94. The van der Waals surface area contributed by atoms with E-state index in [1.807, 2.05) is 48.9 Å². The molecule has 1 heterocycles. The summed E-state index contributed by atoms with van der Waals surface area (Å²) in [5, 5.41) is 5.77. The summed E-state index contributed by atoms with van der Waals surface area (Å²) in [6.07, 6.45) is 4.69. The molecule has 0 aliphatic carbocycles. The van der Waals surface area contributed by atoms with Gasteiger partial charge in [-0.3, -0.25) is 4.79 Å². The number of amides is 2. The van der Waals surface area contributed by atoms with Crippen LogP contribution in [0.1, 0.15) is 44.1 Å². The van der Waals surface area contributed by atoms with Crippen LogP contribution < -0.4 is 10.6 Å². The van der Waals surface area contributed by atoms with Crippen molar-refractivity contribution in [3.05, 3.63) is 48.0 Å². The first kappa shape index (κ1) is 17.7. The van der Waals surface area contributed by atoms with Crippen LogP contribution in [0.5, 0.6) is 0 Å². The Morgan fingerprint density at radius 1 is 1.25 bits per heavy atom. The molecule has 24 heavy (non-hydrogen) atoms. The Morgan fingerprint density at radius 2 is 1.96 bits per heavy atom. The van der Waals surface area contributed by atoms with Gasteiger partial charge in [0.15, 0.2) is 0 Å². The molecule has 2 N–H and O–H groups in total. The van der Waals surface area contributed by atoms with Crippen LogP contribution in [0.15, 0.2) is 36.7 Å². The number of carbonyl (C=O) groups excluding carboxylic acids is 2. The highest BCUT2D eigenvalue weighted by Gasteiger charge is 2.18. The molecule has 2 aromatic rings. The third-order valence-corrected chi connectivity index (χ3v) is 3.79. The standard InChI is InChI=1S/C18H24N4O2/c1-4-16(17-19-10-12-22(17)11-9-14(3)23)21-18(24)20-15-7-5-13(2)6-8-15/h5-8,10,12,16H,4,9,11H2,1-3H3,(H2,20,21,24). The molecule has 0 fully saturated rings. The quantitative estimate of drug-likeness (QED) is 0.817. The summed E-state index contributed by atoms with van der Waals surface area (Å²) >= 11 is 0. The summed E-state index contributed by atoms with van der Waals surface area (Å²) in [6.45, 7) is 6.13. The first-order chi connectivity index (χ1) is 11.5. The van der Waals surface area contributed by atoms with Gasteiger partial charge >= 0.3 is 6.03 Å². The van der Waals surface area contributed by atoms with E-state index < -0.39 is 0 Å². The number of nitrogens with one attached hydrogen (secondary N) is 2. The fourth-order valence-electron chi connectivity index (χ4n) is 2.41. The molecule has 0 saturated heterocycles. The van der Waals surface area contributed by atoms with Crippen molar-refractivity contribution >= 4 is 17.5 Å². The van der Waals surface area contributed by atoms with Gasteiger partial charge in [-0.05, 0) is 32.4 Å². The molecule has 0 saturated carbocycles. The second-order valence-corrected chi connectivity index (χ2v) is 5.86. The Hall–Kier alpha value is -2.63. The maximum absolute atomic E-state index is 12.2. The van der Waals surface area contributed by atoms with Crippen molar-refractivity contribution in [2.24, 2.45) is 0 Å². The third-order valence-electron chi connectivity index (χ3n) is 3.79. The zero-order valence-corrected chi connectivity index (χ0v) is 14.4. The van der Waals surface area contributed by atoms with E-state index in [1.54, 1.807) is 13.1 Å². The Balaban J connectivity index is 2.01.